The summed E-state index contributed by atoms with van der Waals surface area (Å²) < 4.78 is 0. The summed E-state index contributed by atoms with van der Waals surface area (Å²) in [5.41, 5.74) is 3.67. The van der Waals surface area contributed by atoms with Gasteiger partial charge in [0.2, 0.25) is 0 Å². The van der Waals surface area contributed by atoms with Crippen LogP contribution in [-0.4, -0.2) is 39.6 Å². The molecule has 1 aliphatic heterocycles. The molecule has 23 heavy (non-hydrogen) atoms. The summed E-state index contributed by atoms with van der Waals surface area (Å²) in [5, 5.41) is 11.3. The molecule has 0 aliphatic carbocycles. The van der Waals surface area contributed by atoms with Gasteiger partial charge in [0.15, 0.2) is 5.69 Å². The second kappa shape index (κ2) is 6.41. The van der Waals surface area contributed by atoms with E-state index in [0.29, 0.717) is 5.69 Å². The molecule has 2 aromatic heterocycles. The molecular formula is C16H23N5OS. The number of thiazole rings is 1. The summed E-state index contributed by atoms with van der Waals surface area (Å²) in [6, 6.07) is -0.0615. The third-order valence-electron chi connectivity index (χ3n) is 4.40. The van der Waals surface area contributed by atoms with Crippen molar-refractivity contribution < 1.29 is 4.79 Å². The van der Waals surface area contributed by atoms with Crippen molar-refractivity contribution in [1.29, 1.82) is 0 Å². The van der Waals surface area contributed by atoms with Gasteiger partial charge in [-0.2, -0.15) is 5.10 Å². The summed E-state index contributed by atoms with van der Waals surface area (Å²) in [6.45, 7) is 7.88. The number of nitrogens with zero attached hydrogens (tertiary/aromatic N) is 3. The average Bonchev–Trinajstić information content (AvgIpc) is 3.08. The SMILES string of the molecule is CC[C@H](NC(=O)c1n[nH]c2c1CN(C)CC2)c1nc(C)c(C)s1. The lowest BCUT2D eigenvalue weighted by Crippen LogP contribution is -2.31. The first-order valence-electron chi connectivity index (χ1n) is 7.99. The van der Waals surface area contributed by atoms with Gasteiger partial charge in [0.05, 0.1) is 11.7 Å². The van der Waals surface area contributed by atoms with Crippen molar-refractivity contribution in [3.05, 3.63) is 32.5 Å². The summed E-state index contributed by atoms with van der Waals surface area (Å²) in [7, 11) is 2.06. The lowest BCUT2D eigenvalue weighted by atomic mass is 10.1. The Labute approximate surface area is 140 Å². The highest BCUT2D eigenvalue weighted by atomic mass is 32.1. The van der Waals surface area contributed by atoms with Crippen LogP contribution in [-0.2, 0) is 13.0 Å². The molecule has 1 aliphatic rings. The molecule has 0 radical (unpaired) electrons. The minimum absolute atomic E-state index is 0.0615. The number of rotatable bonds is 4. The fourth-order valence-electron chi connectivity index (χ4n) is 2.83. The van der Waals surface area contributed by atoms with Gasteiger partial charge in [-0.05, 0) is 27.3 Å². The smallest absolute Gasteiger partial charge is 0.272 e. The first-order chi connectivity index (χ1) is 11.0. The van der Waals surface area contributed by atoms with E-state index in [2.05, 4.69) is 46.3 Å². The van der Waals surface area contributed by atoms with Gasteiger partial charge in [-0.1, -0.05) is 6.92 Å². The monoisotopic (exact) mass is 333 g/mol. The molecule has 0 spiro atoms. The number of carbonyl (C=O) groups is 1. The molecular weight excluding hydrogens is 310 g/mol. The van der Waals surface area contributed by atoms with Crippen molar-refractivity contribution in [3.63, 3.8) is 0 Å². The first kappa shape index (κ1) is 16.1. The highest BCUT2D eigenvalue weighted by Crippen LogP contribution is 2.26. The molecule has 2 N–H and O–H groups in total. The van der Waals surface area contributed by atoms with Crippen LogP contribution < -0.4 is 5.32 Å². The highest BCUT2D eigenvalue weighted by molar-refractivity contribution is 7.11. The molecule has 0 fully saturated rings. The molecule has 0 saturated heterocycles. The largest absolute Gasteiger partial charge is 0.341 e. The number of likely N-dealkylation sites (N-methyl/N-ethyl adjacent to an activating group) is 1. The van der Waals surface area contributed by atoms with Crippen molar-refractivity contribution in [2.45, 2.75) is 46.2 Å². The standard InChI is InChI=1S/C16H23N5OS/c1-5-12(16-17-9(2)10(3)23-16)18-15(22)14-11-8-21(4)7-6-13(11)19-20-14/h12H,5-8H2,1-4H3,(H,18,22)(H,19,20)/t12-/m0/s1. The summed E-state index contributed by atoms with van der Waals surface area (Å²) in [4.78, 5) is 20.7. The molecule has 3 heterocycles. The third-order valence-corrected chi connectivity index (χ3v) is 5.58. The molecule has 0 bridgehead atoms. The van der Waals surface area contributed by atoms with Crippen molar-refractivity contribution in [3.8, 4) is 0 Å². The number of amides is 1. The normalized spacial score (nSPS) is 16.2. The number of hydrogen-bond donors (Lipinski definition) is 2. The molecule has 1 atom stereocenters. The minimum Gasteiger partial charge on any atom is -0.341 e. The fourth-order valence-corrected chi connectivity index (χ4v) is 3.89. The molecule has 6 nitrogen and oxygen atoms in total. The Morgan fingerprint density at radius 2 is 2.26 bits per heavy atom. The van der Waals surface area contributed by atoms with Crippen LogP contribution in [0.1, 0.15) is 56.7 Å². The quantitative estimate of drug-likeness (QED) is 0.901. The Balaban J connectivity index is 1.79. The van der Waals surface area contributed by atoms with E-state index < -0.39 is 0 Å². The van der Waals surface area contributed by atoms with E-state index in [-0.39, 0.29) is 11.9 Å². The van der Waals surface area contributed by atoms with Gasteiger partial charge >= 0.3 is 0 Å². The first-order valence-corrected chi connectivity index (χ1v) is 8.80. The zero-order chi connectivity index (χ0) is 16.6. The molecule has 7 heteroatoms. The van der Waals surface area contributed by atoms with Crippen LogP contribution in [0.2, 0.25) is 0 Å². The lowest BCUT2D eigenvalue weighted by molar-refractivity contribution is 0.0928. The maximum absolute atomic E-state index is 12.7. The molecule has 1 amide bonds. The van der Waals surface area contributed by atoms with E-state index >= 15 is 0 Å². The predicted molar refractivity (Wildman–Crippen MR) is 90.7 cm³/mol. The van der Waals surface area contributed by atoms with Gasteiger partial charge in [0, 0.05) is 35.6 Å². The number of fused-ring (bicyclic) bond motifs is 1. The zero-order valence-corrected chi connectivity index (χ0v) is 14.9. The zero-order valence-electron chi connectivity index (χ0n) is 14.1. The van der Waals surface area contributed by atoms with Crippen LogP contribution in [0.5, 0.6) is 0 Å². The van der Waals surface area contributed by atoms with E-state index in [1.165, 1.54) is 4.88 Å². The van der Waals surface area contributed by atoms with Crippen LogP contribution in [0, 0.1) is 13.8 Å². The number of aromatic nitrogens is 3. The van der Waals surface area contributed by atoms with Crippen molar-refractivity contribution in [2.24, 2.45) is 0 Å². The van der Waals surface area contributed by atoms with Gasteiger partial charge < -0.3 is 10.2 Å². The van der Waals surface area contributed by atoms with Gasteiger partial charge in [-0.25, -0.2) is 4.98 Å². The van der Waals surface area contributed by atoms with E-state index in [4.69, 9.17) is 0 Å². The Hall–Kier alpha value is -1.73. The molecule has 2 aromatic rings. The van der Waals surface area contributed by atoms with Crippen molar-refractivity contribution in [2.75, 3.05) is 13.6 Å². The van der Waals surface area contributed by atoms with Crippen LogP contribution in [0.25, 0.3) is 0 Å². The number of hydrogen-bond acceptors (Lipinski definition) is 5. The number of carbonyl (C=O) groups excluding carboxylic acids is 1. The maximum Gasteiger partial charge on any atom is 0.272 e. The fraction of sp³-hybridized carbons (Fsp3) is 0.562. The predicted octanol–water partition coefficient (Wildman–Crippen LogP) is 2.35. The van der Waals surface area contributed by atoms with Crippen molar-refractivity contribution >= 4 is 17.2 Å². The molecule has 0 saturated carbocycles. The summed E-state index contributed by atoms with van der Waals surface area (Å²) in [5.74, 6) is -0.116. The number of aryl methyl sites for hydroxylation is 2. The van der Waals surface area contributed by atoms with Gasteiger partial charge in [-0.15, -0.1) is 11.3 Å². The Kier molecular flexibility index (Phi) is 4.50. The number of H-pyrrole nitrogens is 1. The molecule has 124 valence electrons. The van der Waals surface area contributed by atoms with Gasteiger partial charge in [0.25, 0.3) is 5.91 Å². The summed E-state index contributed by atoms with van der Waals surface area (Å²) in [6.07, 6.45) is 1.72. The number of nitrogens with one attached hydrogen (secondary N) is 2. The Morgan fingerprint density at radius 1 is 1.48 bits per heavy atom. The maximum atomic E-state index is 12.7. The Morgan fingerprint density at radius 3 is 2.91 bits per heavy atom. The topological polar surface area (TPSA) is 73.9 Å². The van der Waals surface area contributed by atoms with E-state index in [1.54, 1.807) is 11.3 Å². The van der Waals surface area contributed by atoms with Crippen molar-refractivity contribution in [1.82, 2.24) is 25.4 Å². The van der Waals surface area contributed by atoms with Crippen LogP contribution in [0.15, 0.2) is 0 Å². The molecule has 0 unspecified atom stereocenters. The second-order valence-corrected chi connectivity index (χ2v) is 7.38. The van der Waals surface area contributed by atoms with E-state index in [0.717, 1.165) is 47.9 Å². The molecule has 3 rings (SSSR count). The van der Waals surface area contributed by atoms with Crippen LogP contribution in [0.4, 0.5) is 0 Å². The minimum atomic E-state index is -0.116. The number of aromatic amines is 1. The molecule has 0 aromatic carbocycles. The van der Waals surface area contributed by atoms with Crippen LogP contribution in [0.3, 0.4) is 0 Å². The van der Waals surface area contributed by atoms with Crippen LogP contribution >= 0.6 is 11.3 Å². The van der Waals surface area contributed by atoms with E-state index in [9.17, 15) is 4.79 Å². The van der Waals surface area contributed by atoms with E-state index in [1.807, 2.05) is 6.92 Å². The second-order valence-electron chi connectivity index (χ2n) is 6.15. The Bertz CT molecular complexity index is 701. The lowest BCUT2D eigenvalue weighted by Gasteiger charge is -2.22. The highest BCUT2D eigenvalue weighted by Gasteiger charge is 2.26. The van der Waals surface area contributed by atoms with Gasteiger partial charge in [0.1, 0.15) is 5.01 Å². The third kappa shape index (κ3) is 3.16. The van der Waals surface area contributed by atoms with Gasteiger partial charge in [-0.3, -0.25) is 9.89 Å². The summed E-state index contributed by atoms with van der Waals surface area (Å²) >= 11 is 1.65. The average molecular weight is 333 g/mol.